The second-order valence-corrected chi connectivity index (χ2v) is 6.87. The molecule has 1 aliphatic carbocycles. The molecule has 0 heterocycles. The Bertz CT molecular complexity index is 469. The molecule has 1 aliphatic rings. The van der Waals surface area contributed by atoms with Gasteiger partial charge >= 0.3 is 5.97 Å². The quantitative estimate of drug-likeness (QED) is 0.370. The van der Waals surface area contributed by atoms with Crippen molar-refractivity contribution in [2.45, 2.75) is 76.9 Å². The summed E-state index contributed by atoms with van der Waals surface area (Å²) in [6.45, 7) is 2.16. The molecule has 3 N–H and O–H groups in total. The molecular weight excluding hydrogens is 320 g/mol. The summed E-state index contributed by atoms with van der Waals surface area (Å²) in [5.74, 6) is -1.39. The van der Waals surface area contributed by atoms with Crippen LogP contribution in [-0.4, -0.2) is 39.3 Å². The molecule has 0 aliphatic heterocycles. The maximum absolute atomic E-state index is 12.1. The van der Waals surface area contributed by atoms with Gasteiger partial charge in [-0.2, -0.15) is 0 Å². The number of aliphatic hydroxyl groups is 2. The molecule has 0 radical (unpaired) electrons. The summed E-state index contributed by atoms with van der Waals surface area (Å²) in [6.07, 6.45) is 12.2. The average molecular weight is 352 g/mol. The highest BCUT2D eigenvalue weighted by atomic mass is 16.4. The van der Waals surface area contributed by atoms with Crippen molar-refractivity contribution in [2.24, 2.45) is 11.8 Å². The number of aliphatic carboxylic acids is 1. The van der Waals surface area contributed by atoms with E-state index in [0.29, 0.717) is 19.3 Å². The minimum absolute atomic E-state index is 0.00543. The Morgan fingerprint density at radius 1 is 1.28 bits per heavy atom. The van der Waals surface area contributed by atoms with E-state index in [9.17, 15) is 19.8 Å². The summed E-state index contributed by atoms with van der Waals surface area (Å²) in [4.78, 5) is 22.6. The number of carboxylic acids is 1. The van der Waals surface area contributed by atoms with Crippen LogP contribution in [0.1, 0.15) is 64.7 Å². The van der Waals surface area contributed by atoms with Gasteiger partial charge < -0.3 is 15.3 Å². The van der Waals surface area contributed by atoms with E-state index in [-0.39, 0.29) is 30.5 Å². The number of rotatable bonds is 12. The average Bonchev–Trinajstić information content (AvgIpc) is 2.81. The van der Waals surface area contributed by atoms with Crippen LogP contribution in [0.25, 0.3) is 0 Å². The monoisotopic (exact) mass is 352 g/mol. The maximum atomic E-state index is 12.1. The molecule has 5 nitrogen and oxygen atoms in total. The number of carbonyl (C=O) groups excluding carboxylic acids is 1. The second kappa shape index (κ2) is 12.0. The molecule has 0 spiro atoms. The van der Waals surface area contributed by atoms with E-state index in [1.165, 1.54) is 12.8 Å². The molecule has 4 atom stereocenters. The van der Waals surface area contributed by atoms with E-state index in [2.05, 4.69) is 13.0 Å². The minimum Gasteiger partial charge on any atom is -0.481 e. The summed E-state index contributed by atoms with van der Waals surface area (Å²) in [7, 11) is 0. The van der Waals surface area contributed by atoms with Gasteiger partial charge in [-0.25, -0.2) is 0 Å². The van der Waals surface area contributed by atoms with Crippen molar-refractivity contribution in [3.05, 3.63) is 24.3 Å². The Hall–Kier alpha value is -1.46. The first-order valence-corrected chi connectivity index (χ1v) is 9.39. The fraction of sp³-hybridized carbons (Fsp3) is 0.700. The van der Waals surface area contributed by atoms with Gasteiger partial charge in [-0.15, -0.1) is 0 Å². The molecule has 1 saturated carbocycles. The van der Waals surface area contributed by atoms with Crippen LogP contribution in [0.15, 0.2) is 24.3 Å². The molecule has 0 amide bonds. The zero-order valence-corrected chi connectivity index (χ0v) is 15.1. The molecule has 5 heteroatoms. The number of hydrogen-bond acceptors (Lipinski definition) is 4. The number of allylic oxidation sites excluding steroid dienone is 3. The Morgan fingerprint density at radius 2 is 2.04 bits per heavy atom. The summed E-state index contributed by atoms with van der Waals surface area (Å²) >= 11 is 0. The first-order valence-electron chi connectivity index (χ1n) is 9.39. The summed E-state index contributed by atoms with van der Waals surface area (Å²) in [5.41, 5.74) is 0. The standard InChI is InChI=1S/C20H32O5/c1-2-3-4-5-6-7-10-16-17(19(23)14-18(16)22)13-12-15(21)9-8-11-20(24)25/h6-7,12-13,15-18,21-22H,2-5,8-11,14H2,1H3,(H,24,25)/b7-6-,13-12+/t15-,16+,17-,18+/m0/s1. The van der Waals surface area contributed by atoms with Gasteiger partial charge in [0.2, 0.25) is 0 Å². The van der Waals surface area contributed by atoms with Crippen molar-refractivity contribution >= 4 is 11.8 Å². The lowest BCUT2D eigenvalue weighted by molar-refractivity contribution is -0.137. The molecule has 0 saturated heterocycles. The Morgan fingerprint density at radius 3 is 2.72 bits per heavy atom. The van der Waals surface area contributed by atoms with Crippen LogP contribution in [0.4, 0.5) is 0 Å². The van der Waals surface area contributed by atoms with Crippen LogP contribution in [0.5, 0.6) is 0 Å². The fourth-order valence-corrected chi connectivity index (χ4v) is 3.22. The van der Waals surface area contributed by atoms with Crippen molar-refractivity contribution in [1.29, 1.82) is 0 Å². The lowest BCUT2D eigenvalue weighted by Gasteiger charge is -2.17. The third kappa shape index (κ3) is 8.45. The maximum Gasteiger partial charge on any atom is 0.303 e. The van der Waals surface area contributed by atoms with Gasteiger partial charge in [0.1, 0.15) is 5.78 Å². The van der Waals surface area contributed by atoms with Crippen LogP contribution < -0.4 is 0 Å². The molecule has 0 bridgehead atoms. The topological polar surface area (TPSA) is 94.8 Å². The van der Waals surface area contributed by atoms with Crippen molar-refractivity contribution in [2.75, 3.05) is 0 Å². The number of ketones is 1. The third-order valence-corrected chi connectivity index (χ3v) is 4.72. The van der Waals surface area contributed by atoms with Crippen molar-refractivity contribution in [1.82, 2.24) is 0 Å². The molecule has 142 valence electrons. The van der Waals surface area contributed by atoms with E-state index in [1.54, 1.807) is 12.2 Å². The fourth-order valence-electron chi connectivity index (χ4n) is 3.22. The van der Waals surface area contributed by atoms with E-state index >= 15 is 0 Å². The molecule has 1 fully saturated rings. The third-order valence-electron chi connectivity index (χ3n) is 4.72. The number of carbonyl (C=O) groups is 2. The Labute approximate surface area is 150 Å². The summed E-state index contributed by atoms with van der Waals surface area (Å²) < 4.78 is 0. The molecule has 1 rings (SSSR count). The second-order valence-electron chi connectivity index (χ2n) is 6.87. The van der Waals surface area contributed by atoms with Crippen molar-refractivity contribution in [3.8, 4) is 0 Å². The van der Waals surface area contributed by atoms with Crippen molar-refractivity contribution in [3.63, 3.8) is 0 Å². The molecular formula is C20H32O5. The number of carboxylic acid groups (broad SMARTS) is 1. The van der Waals surface area contributed by atoms with Gasteiger partial charge in [-0.05, 0) is 32.1 Å². The SMILES string of the molecule is CCCCC/C=C\C[C@H]1[C@H](O)CC(=O)[C@H]1/C=C/[C@@H](O)CCCC(=O)O. The molecule has 25 heavy (non-hydrogen) atoms. The molecule has 0 aromatic heterocycles. The lowest BCUT2D eigenvalue weighted by Crippen LogP contribution is -2.19. The Kier molecular flexibility index (Phi) is 10.3. The van der Waals surface area contributed by atoms with Gasteiger partial charge in [0.05, 0.1) is 12.2 Å². The van der Waals surface area contributed by atoms with Gasteiger partial charge in [0.25, 0.3) is 0 Å². The van der Waals surface area contributed by atoms with Gasteiger partial charge in [-0.3, -0.25) is 9.59 Å². The van der Waals surface area contributed by atoms with E-state index in [1.807, 2.05) is 6.08 Å². The van der Waals surface area contributed by atoms with Crippen LogP contribution in [-0.2, 0) is 9.59 Å². The highest BCUT2D eigenvalue weighted by molar-refractivity contribution is 5.86. The van der Waals surface area contributed by atoms with Gasteiger partial charge in [0, 0.05) is 24.7 Å². The number of Topliss-reactive ketones (excluding diaryl/α,β-unsaturated/α-hetero) is 1. The van der Waals surface area contributed by atoms with Gasteiger partial charge in [-0.1, -0.05) is 44.1 Å². The van der Waals surface area contributed by atoms with Crippen LogP contribution in [0, 0.1) is 11.8 Å². The molecule has 0 aromatic rings. The van der Waals surface area contributed by atoms with E-state index in [0.717, 1.165) is 12.8 Å². The normalized spacial score (nSPS) is 25.2. The number of unbranched alkanes of at least 4 members (excludes halogenated alkanes) is 3. The zero-order valence-electron chi connectivity index (χ0n) is 15.1. The van der Waals surface area contributed by atoms with E-state index in [4.69, 9.17) is 5.11 Å². The Balaban J connectivity index is 2.49. The van der Waals surface area contributed by atoms with Crippen LogP contribution >= 0.6 is 0 Å². The van der Waals surface area contributed by atoms with Gasteiger partial charge in [0.15, 0.2) is 0 Å². The lowest BCUT2D eigenvalue weighted by atomic mass is 9.90. The van der Waals surface area contributed by atoms with Crippen LogP contribution in [0.3, 0.4) is 0 Å². The molecule has 0 unspecified atom stereocenters. The zero-order chi connectivity index (χ0) is 18.7. The summed E-state index contributed by atoms with van der Waals surface area (Å²) in [6, 6.07) is 0. The van der Waals surface area contributed by atoms with Crippen LogP contribution in [0.2, 0.25) is 0 Å². The first-order chi connectivity index (χ1) is 12.0. The largest absolute Gasteiger partial charge is 0.481 e. The minimum atomic E-state index is -0.879. The first kappa shape index (κ1) is 21.6. The number of aliphatic hydroxyl groups excluding tert-OH is 2. The predicted octanol–water partition coefficient (Wildman–Crippen LogP) is 3.25. The molecule has 0 aromatic carbocycles. The van der Waals surface area contributed by atoms with Crippen molar-refractivity contribution < 1.29 is 24.9 Å². The summed E-state index contributed by atoms with van der Waals surface area (Å²) in [5, 5.41) is 28.6. The highest BCUT2D eigenvalue weighted by Gasteiger charge is 2.39. The highest BCUT2D eigenvalue weighted by Crippen LogP contribution is 2.33. The van der Waals surface area contributed by atoms with E-state index < -0.39 is 18.2 Å². The predicted molar refractivity (Wildman–Crippen MR) is 97.1 cm³/mol. The smallest absolute Gasteiger partial charge is 0.303 e. The number of hydrogen-bond donors (Lipinski definition) is 3.